The quantitative estimate of drug-likeness (QED) is 0.307. The van der Waals surface area contributed by atoms with Crippen molar-refractivity contribution in [1.29, 1.82) is 0 Å². The topological polar surface area (TPSA) is 122 Å². The Hall–Kier alpha value is -4.33. The first kappa shape index (κ1) is 18.1. The van der Waals surface area contributed by atoms with Gasteiger partial charge in [0, 0.05) is 16.8 Å². The Balaban J connectivity index is 1.90. The molecule has 0 fully saturated rings. The Bertz CT molecular complexity index is 1260. The van der Waals surface area contributed by atoms with Gasteiger partial charge in [-0.05, 0) is 18.2 Å². The van der Waals surface area contributed by atoms with Gasteiger partial charge in [0.05, 0.1) is 27.2 Å². The molecule has 0 aliphatic carbocycles. The van der Waals surface area contributed by atoms with Gasteiger partial charge in [0.15, 0.2) is 0 Å². The lowest BCUT2D eigenvalue weighted by Crippen LogP contribution is -2.18. The maximum absolute atomic E-state index is 13.0. The minimum absolute atomic E-state index is 0.295. The van der Waals surface area contributed by atoms with E-state index in [1.165, 1.54) is 12.1 Å². The van der Waals surface area contributed by atoms with Gasteiger partial charge < -0.3 is 10.4 Å². The van der Waals surface area contributed by atoms with Crippen LogP contribution in [0.3, 0.4) is 0 Å². The summed E-state index contributed by atoms with van der Waals surface area (Å²) in [6.07, 6.45) is 0. The first-order valence-corrected chi connectivity index (χ1v) is 8.57. The van der Waals surface area contributed by atoms with Gasteiger partial charge in [0.2, 0.25) is 0 Å². The number of hydrogen-bond acceptors (Lipinski definition) is 5. The van der Waals surface area contributed by atoms with Crippen LogP contribution in [0.1, 0.15) is 20.7 Å². The number of rotatable bonds is 4. The fourth-order valence-electron chi connectivity index (χ4n) is 3.26. The van der Waals surface area contributed by atoms with E-state index in [-0.39, 0.29) is 5.56 Å². The number of aromatic nitrogens is 1. The number of para-hydroxylation sites is 2. The summed E-state index contributed by atoms with van der Waals surface area (Å²) in [7, 11) is 0. The number of carboxylic acids is 1. The van der Waals surface area contributed by atoms with Crippen LogP contribution >= 0.6 is 0 Å². The normalized spacial score (nSPS) is 10.8. The van der Waals surface area contributed by atoms with E-state index in [1.807, 2.05) is 12.1 Å². The summed E-state index contributed by atoms with van der Waals surface area (Å²) in [5.74, 6) is -2.31. The van der Waals surface area contributed by atoms with Crippen LogP contribution in [0.4, 0.5) is 11.4 Å². The number of nitrogens with zero attached hydrogens (tertiary/aromatic N) is 2. The predicted octanol–water partition coefficient (Wildman–Crippen LogP) is 4.25. The standard InChI is InChI=1S/C21H13N3O5/c25-20(14-8-5-11-17(24(28)29)18(14)21(26)27)23-19-12-6-1-3-9-15(12)22-16-10-4-2-7-13(16)19/h1-11H,(H,26,27)(H,22,23,25). The fraction of sp³-hybridized carbons (Fsp3) is 0. The molecule has 8 heteroatoms. The van der Waals surface area contributed by atoms with Crippen molar-refractivity contribution < 1.29 is 19.6 Å². The molecule has 0 spiro atoms. The van der Waals surface area contributed by atoms with E-state index in [2.05, 4.69) is 10.3 Å². The molecule has 8 nitrogen and oxygen atoms in total. The Kier molecular flexibility index (Phi) is 4.36. The number of pyridine rings is 1. The number of amides is 1. The van der Waals surface area contributed by atoms with Crippen LogP contribution in [0.15, 0.2) is 66.7 Å². The molecule has 4 aromatic rings. The second kappa shape index (κ2) is 7.01. The summed E-state index contributed by atoms with van der Waals surface area (Å²) < 4.78 is 0. The molecule has 0 bridgehead atoms. The maximum atomic E-state index is 13.0. The first-order chi connectivity index (χ1) is 14.0. The SMILES string of the molecule is O=C(Nc1c2ccccc2nc2ccccc12)c1cccc([N+](=O)[O-])c1C(=O)O. The molecule has 1 amide bonds. The van der Waals surface area contributed by atoms with Gasteiger partial charge >= 0.3 is 5.97 Å². The molecule has 142 valence electrons. The number of carbonyl (C=O) groups excluding carboxylic acids is 1. The van der Waals surface area contributed by atoms with Crippen LogP contribution in [0.25, 0.3) is 21.8 Å². The number of nitro benzene ring substituents is 1. The van der Waals surface area contributed by atoms with Crippen LogP contribution in [0.2, 0.25) is 0 Å². The van der Waals surface area contributed by atoms with Crippen molar-refractivity contribution in [3.63, 3.8) is 0 Å². The van der Waals surface area contributed by atoms with Gasteiger partial charge in [0.25, 0.3) is 11.6 Å². The number of nitrogens with one attached hydrogen (secondary N) is 1. The van der Waals surface area contributed by atoms with Gasteiger partial charge in [-0.25, -0.2) is 9.78 Å². The van der Waals surface area contributed by atoms with Crippen LogP contribution in [0, 0.1) is 10.1 Å². The van der Waals surface area contributed by atoms with E-state index in [0.29, 0.717) is 27.5 Å². The molecular formula is C21H13N3O5. The third-order valence-electron chi connectivity index (χ3n) is 4.52. The number of carbonyl (C=O) groups is 2. The lowest BCUT2D eigenvalue weighted by molar-refractivity contribution is -0.385. The van der Waals surface area contributed by atoms with Crippen LogP contribution < -0.4 is 5.32 Å². The van der Waals surface area contributed by atoms with Crippen molar-refractivity contribution in [3.05, 3.63) is 88.0 Å². The molecule has 0 saturated heterocycles. The van der Waals surface area contributed by atoms with Crippen molar-refractivity contribution in [1.82, 2.24) is 4.98 Å². The number of fused-ring (bicyclic) bond motifs is 2. The summed E-state index contributed by atoms with van der Waals surface area (Å²) in [6, 6.07) is 18.0. The van der Waals surface area contributed by atoms with Crippen molar-refractivity contribution in [2.45, 2.75) is 0 Å². The summed E-state index contributed by atoms with van der Waals surface area (Å²) in [5, 5.41) is 24.7. The second-order valence-corrected chi connectivity index (χ2v) is 6.24. The molecule has 0 radical (unpaired) electrons. The van der Waals surface area contributed by atoms with Crippen molar-refractivity contribution in [3.8, 4) is 0 Å². The van der Waals surface area contributed by atoms with Gasteiger partial charge in [-0.2, -0.15) is 0 Å². The van der Waals surface area contributed by atoms with Gasteiger partial charge in [-0.15, -0.1) is 0 Å². The minimum Gasteiger partial charge on any atom is -0.477 e. The van der Waals surface area contributed by atoms with E-state index < -0.39 is 28.1 Å². The minimum atomic E-state index is -1.55. The molecule has 0 atom stereocenters. The summed E-state index contributed by atoms with van der Waals surface area (Å²) in [5.41, 5.74) is 0.168. The van der Waals surface area contributed by atoms with Crippen molar-refractivity contribution >= 4 is 45.1 Å². The summed E-state index contributed by atoms with van der Waals surface area (Å²) in [6.45, 7) is 0. The molecule has 29 heavy (non-hydrogen) atoms. The Morgan fingerprint density at radius 2 is 1.48 bits per heavy atom. The lowest BCUT2D eigenvalue weighted by Gasteiger charge is -2.13. The smallest absolute Gasteiger partial charge is 0.343 e. The van der Waals surface area contributed by atoms with Gasteiger partial charge in [-0.1, -0.05) is 42.5 Å². The maximum Gasteiger partial charge on any atom is 0.343 e. The summed E-state index contributed by atoms with van der Waals surface area (Å²) >= 11 is 0. The van der Waals surface area contributed by atoms with Crippen molar-refractivity contribution in [2.75, 3.05) is 5.32 Å². The average Bonchev–Trinajstić information content (AvgIpc) is 2.72. The Labute approximate surface area is 163 Å². The monoisotopic (exact) mass is 387 g/mol. The molecule has 0 saturated carbocycles. The Morgan fingerprint density at radius 1 is 0.897 bits per heavy atom. The fourth-order valence-corrected chi connectivity index (χ4v) is 3.26. The zero-order valence-corrected chi connectivity index (χ0v) is 14.8. The zero-order valence-electron chi connectivity index (χ0n) is 14.8. The molecule has 2 N–H and O–H groups in total. The number of aromatic carboxylic acids is 1. The third kappa shape index (κ3) is 3.12. The number of carboxylic acid groups (broad SMARTS) is 1. The number of anilines is 1. The molecular weight excluding hydrogens is 374 g/mol. The highest BCUT2D eigenvalue weighted by Gasteiger charge is 2.27. The van der Waals surface area contributed by atoms with E-state index in [4.69, 9.17) is 0 Å². The Morgan fingerprint density at radius 3 is 2.03 bits per heavy atom. The van der Waals surface area contributed by atoms with Crippen molar-refractivity contribution in [2.24, 2.45) is 0 Å². The van der Waals surface area contributed by atoms with E-state index >= 15 is 0 Å². The largest absolute Gasteiger partial charge is 0.477 e. The molecule has 1 heterocycles. The zero-order chi connectivity index (χ0) is 20.5. The van der Waals surface area contributed by atoms with Gasteiger partial charge in [0.1, 0.15) is 5.56 Å². The predicted molar refractivity (Wildman–Crippen MR) is 107 cm³/mol. The molecule has 3 aromatic carbocycles. The highest BCUT2D eigenvalue weighted by molar-refractivity contribution is 6.18. The average molecular weight is 387 g/mol. The van der Waals surface area contributed by atoms with Crippen LogP contribution in [-0.2, 0) is 0 Å². The lowest BCUT2D eigenvalue weighted by atomic mass is 10.0. The van der Waals surface area contributed by atoms with Gasteiger partial charge in [-0.3, -0.25) is 14.9 Å². The first-order valence-electron chi connectivity index (χ1n) is 8.57. The van der Waals surface area contributed by atoms with E-state index in [0.717, 1.165) is 6.07 Å². The molecule has 0 aliphatic rings. The molecule has 0 aliphatic heterocycles. The summed E-state index contributed by atoms with van der Waals surface area (Å²) in [4.78, 5) is 39.6. The van der Waals surface area contributed by atoms with Crippen LogP contribution in [-0.4, -0.2) is 26.9 Å². The van der Waals surface area contributed by atoms with E-state index in [9.17, 15) is 24.8 Å². The highest BCUT2D eigenvalue weighted by Crippen LogP contribution is 2.32. The number of hydrogen-bond donors (Lipinski definition) is 2. The number of benzene rings is 3. The third-order valence-corrected chi connectivity index (χ3v) is 4.52. The van der Waals surface area contributed by atoms with E-state index in [1.54, 1.807) is 36.4 Å². The second-order valence-electron chi connectivity index (χ2n) is 6.24. The number of nitro groups is 1. The molecule has 1 aromatic heterocycles. The van der Waals surface area contributed by atoms with Crippen LogP contribution in [0.5, 0.6) is 0 Å². The highest BCUT2D eigenvalue weighted by atomic mass is 16.6. The molecule has 4 rings (SSSR count). The molecule has 0 unspecified atom stereocenters.